The van der Waals surface area contributed by atoms with Gasteiger partial charge < -0.3 is 14.8 Å². The highest BCUT2D eigenvalue weighted by Crippen LogP contribution is 2.26. The minimum atomic E-state index is -0.455. The molecule has 1 aromatic heterocycles. The summed E-state index contributed by atoms with van der Waals surface area (Å²) in [5, 5.41) is 2.63. The Kier molecular flexibility index (Phi) is 4.71. The third-order valence-corrected chi connectivity index (χ3v) is 2.70. The molecule has 0 aliphatic rings. The molecule has 0 spiro atoms. The zero-order chi connectivity index (χ0) is 15.2. The molecule has 2 aromatic rings. The number of ether oxygens (including phenoxy) is 2. The maximum Gasteiger partial charge on any atom is 0.278 e. The van der Waals surface area contributed by atoms with Crippen molar-refractivity contribution in [1.29, 1.82) is 0 Å². The van der Waals surface area contributed by atoms with Crippen molar-refractivity contribution in [3.8, 4) is 11.5 Å². The summed E-state index contributed by atoms with van der Waals surface area (Å²) in [7, 11) is 1.40. The molecule has 5 nitrogen and oxygen atoms in total. The Balaban J connectivity index is 2.26. The van der Waals surface area contributed by atoms with Gasteiger partial charge in [-0.1, -0.05) is 0 Å². The van der Waals surface area contributed by atoms with Crippen LogP contribution >= 0.6 is 0 Å². The molecule has 0 unspecified atom stereocenters. The van der Waals surface area contributed by atoms with E-state index in [4.69, 9.17) is 9.47 Å². The Morgan fingerprint density at radius 1 is 1.33 bits per heavy atom. The Morgan fingerprint density at radius 3 is 2.86 bits per heavy atom. The van der Waals surface area contributed by atoms with Crippen molar-refractivity contribution in [2.75, 3.05) is 19.0 Å². The first-order valence-electron chi connectivity index (χ1n) is 6.38. The van der Waals surface area contributed by atoms with Gasteiger partial charge in [0, 0.05) is 12.3 Å². The van der Waals surface area contributed by atoms with Gasteiger partial charge in [0.15, 0.2) is 11.4 Å². The van der Waals surface area contributed by atoms with Crippen LogP contribution in [0.5, 0.6) is 11.5 Å². The first-order valence-corrected chi connectivity index (χ1v) is 6.38. The lowest BCUT2D eigenvalue weighted by atomic mass is 10.2. The monoisotopic (exact) mass is 290 g/mol. The van der Waals surface area contributed by atoms with Crippen molar-refractivity contribution < 1.29 is 18.7 Å². The van der Waals surface area contributed by atoms with E-state index in [0.29, 0.717) is 18.0 Å². The fourth-order valence-corrected chi connectivity index (χ4v) is 1.78. The number of nitrogens with one attached hydrogen (secondary N) is 1. The van der Waals surface area contributed by atoms with E-state index in [9.17, 15) is 9.18 Å². The van der Waals surface area contributed by atoms with E-state index in [-0.39, 0.29) is 11.4 Å². The van der Waals surface area contributed by atoms with E-state index in [2.05, 4.69) is 10.3 Å². The van der Waals surface area contributed by atoms with Crippen LogP contribution in [0.3, 0.4) is 0 Å². The summed E-state index contributed by atoms with van der Waals surface area (Å²) in [5.41, 5.74) is 0.516. The number of anilines is 1. The molecule has 1 N–H and O–H groups in total. The highest BCUT2D eigenvalue weighted by Gasteiger charge is 2.16. The third-order valence-electron chi connectivity index (χ3n) is 2.70. The number of carbonyl (C=O) groups is 1. The average Bonchev–Trinajstić information content (AvgIpc) is 2.49. The lowest BCUT2D eigenvalue weighted by molar-refractivity contribution is 0.101. The van der Waals surface area contributed by atoms with Crippen molar-refractivity contribution in [1.82, 2.24) is 4.98 Å². The van der Waals surface area contributed by atoms with Crippen LogP contribution in [-0.4, -0.2) is 24.6 Å². The number of benzene rings is 1. The maximum atomic E-state index is 13.1. The highest BCUT2D eigenvalue weighted by atomic mass is 19.1. The number of halogens is 1. The number of pyridine rings is 1. The predicted octanol–water partition coefficient (Wildman–Crippen LogP) is 2.88. The second-order valence-corrected chi connectivity index (χ2v) is 4.08. The minimum absolute atomic E-state index is 0.158. The quantitative estimate of drug-likeness (QED) is 0.919. The molecule has 2 rings (SSSR count). The van der Waals surface area contributed by atoms with Crippen LogP contribution in [-0.2, 0) is 0 Å². The smallest absolute Gasteiger partial charge is 0.278 e. The number of nitrogens with zero attached hydrogens (tertiary/aromatic N) is 1. The van der Waals surface area contributed by atoms with E-state index < -0.39 is 11.7 Å². The van der Waals surface area contributed by atoms with Crippen LogP contribution < -0.4 is 14.8 Å². The molecule has 0 saturated carbocycles. The minimum Gasteiger partial charge on any atom is -0.494 e. The van der Waals surface area contributed by atoms with Gasteiger partial charge in [0.05, 0.1) is 19.4 Å². The lowest BCUT2D eigenvalue weighted by Gasteiger charge is -2.12. The normalized spacial score (nSPS) is 10.0. The number of hydrogen-bond donors (Lipinski definition) is 1. The molecule has 6 heteroatoms. The number of aromatic nitrogens is 1. The van der Waals surface area contributed by atoms with Crippen LogP contribution in [0.4, 0.5) is 10.1 Å². The topological polar surface area (TPSA) is 60.5 Å². The third kappa shape index (κ3) is 3.47. The lowest BCUT2D eigenvalue weighted by Crippen LogP contribution is -2.16. The Bertz CT molecular complexity index is 647. The summed E-state index contributed by atoms with van der Waals surface area (Å²) in [4.78, 5) is 16.3. The number of methoxy groups -OCH3 is 1. The molecule has 1 aromatic carbocycles. The fraction of sp³-hybridized carbons (Fsp3) is 0.200. The van der Waals surface area contributed by atoms with Crippen molar-refractivity contribution >= 4 is 11.6 Å². The van der Waals surface area contributed by atoms with Gasteiger partial charge >= 0.3 is 0 Å². The van der Waals surface area contributed by atoms with E-state index in [1.54, 1.807) is 12.1 Å². The molecule has 1 amide bonds. The van der Waals surface area contributed by atoms with Crippen molar-refractivity contribution in [2.45, 2.75) is 6.92 Å². The molecule has 0 aliphatic heterocycles. The average molecular weight is 290 g/mol. The zero-order valence-corrected chi connectivity index (χ0v) is 11.7. The van der Waals surface area contributed by atoms with Gasteiger partial charge in [-0.25, -0.2) is 9.37 Å². The van der Waals surface area contributed by atoms with Crippen LogP contribution in [0.2, 0.25) is 0 Å². The predicted molar refractivity (Wildman–Crippen MR) is 76.3 cm³/mol. The number of carbonyl (C=O) groups excluding carboxylic acids is 1. The summed E-state index contributed by atoms with van der Waals surface area (Å²) in [6.45, 7) is 2.24. The van der Waals surface area contributed by atoms with Crippen molar-refractivity contribution in [3.63, 3.8) is 0 Å². The second kappa shape index (κ2) is 6.69. The van der Waals surface area contributed by atoms with Gasteiger partial charge in [-0.15, -0.1) is 0 Å². The van der Waals surface area contributed by atoms with Crippen LogP contribution in [0, 0.1) is 5.82 Å². The summed E-state index contributed by atoms with van der Waals surface area (Å²) < 4.78 is 23.5. The van der Waals surface area contributed by atoms with Gasteiger partial charge in [0.2, 0.25) is 0 Å². The molecular weight excluding hydrogens is 275 g/mol. The summed E-state index contributed by atoms with van der Waals surface area (Å²) in [5.74, 6) is -0.280. The van der Waals surface area contributed by atoms with Gasteiger partial charge in [-0.3, -0.25) is 4.79 Å². The molecule has 0 aliphatic carbocycles. The number of rotatable bonds is 5. The SMILES string of the molecule is CCOc1cccnc1C(=O)Nc1ccc(F)cc1OC. The van der Waals surface area contributed by atoms with Gasteiger partial charge in [-0.2, -0.15) is 0 Å². The standard InChI is InChI=1S/C15H15FN2O3/c1-3-21-12-5-4-8-17-14(12)15(19)18-11-7-6-10(16)9-13(11)20-2/h4-9H,3H2,1-2H3,(H,18,19). The molecule has 0 saturated heterocycles. The second-order valence-electron chi connectivity index (χ2n) is 4.08. The first-order chi connectivity index (χ1) is 10.2. The molecular formula is C15H15FN2O3. The summed E-state index contributed by atoms with van der Waals surface area (Å²) >= 11 is 0. The van der Waals surface area contributed by atoms with Crippen molar-refractivity contribution in [2.24, 2.45) is 0 Å². The van der Waals surface area contributed by atoms with Crippen LogP contribution in [0.1, 0.15) is 17.4 Å². The van der Waals surface area contributed by atoms with E-state index >= 15 is 0 Å². The zero-order valence-electron chi connectivity index (χ0n) is 11.7. The molecule has 0 radical (unpaired) electrons. The van der Waals surface area contributed by atoms with Gasteiger partial charge in [0.25, 0.3) is 5.91 Å². The maximum absolute atomic E-state index is 13.1. The molecule has 0 fully saturated rings. The van der Waals surface area contributed by atoms with E-state index in [1.165, 1.54) is 31.5 Å². The molecule has 21 heavy (non-hydrogen) atoms. The number of hydrogen-bond acceptors (Lipinski definition) is 4. The molecule has 1 heterocycles. The highest BCUT2D eigenvalue weighted by molar-refractivity contribution is 6.05. The van der Waals surface area contributed by atoms with Crippen LogP contribution in [0.15, 0.2) is 36.5 Å². The fourth-order valence-electron chi connectivity index (χ4n) is 1.78. The van der Waals surface area contributed by atoms with E-state index in [0.717, 1.165) is 0 Å². The molecule has 0 atom stereocenters. The van der Waals surface area contributed by atoms with Crippen LogP contribution in [0.25, 0.3) is 0 Å². The molecule has 0 bridgehead atoms. The van der Waals surface area contributed by atoms with E-state index in [1.807, 2.05) is 6.92 Å². The number of amides is 1. The van der Waals surface area contributed by atoms with Crippen molar-refractivity contribution in [3.05, 3.63) is 48.0 Å². The Morgan fingerprint density at radius 2 is 2.14 bits per heavy atom. The summed E-state index contributed by atoms with van der Waals surface area (Å²) in [6.07, 6.45) is 1.50. The Labute approximate surface area is 121 Å². The van der Waals surface area contributed by atoms with Gasteiger partial charge in [-0.05, 0) is 31.2 Å². The largest absolute Gasteiger partial charge is 0.494 e. The summed E-state index contributed by atoms with van der Waals surface area (Å²) in [6, 6.07) is 7.19. The van der Waals surface area contributed by atoms with Gasteiger partial charge in [0.1, 0.15) is 11.6 Å². The first kappa shape index (κ1) is 14.8. The Hall–Kier alpha value is -2.63. The molecule has 110 valence electrons.